The highest BCUT2D eigenvalue weighted by molar-refractivity contribution is 6.33. The van der Waals surface area contributed by atoms with Crippen molar-refractivity contribution < 1.29 is 14.3 Å². The normalized spacial score (nSPS) is 12.6. The molecule has 0 aromatic heterocycles. The van der Waals surface area contributed by atoms with Gasteiger partial charge in [0.05, 0.1) is 16.3 Å². The molecule has 116 valence electrons. The Morgan fingerprint density at radius 1 is 1.43 bits per heavy atom. The zero-order valence-corrected chi connectivity index (χ0v) is 13.5. The number of esters is 1. The lowest BCUT2D eigenvalue weighted by Gasteiger charge is -2.26. The summed E-state index contributed by atoms with van der Waals surface area (Å²) in [6, 6.07) is 4.44. The number of carbonyl (C=O) groups is 2. The van der Waals surface area contributed by atoms with Crippen molar-refractivity contribution in [2.45, 2.75) is 45.8 Å². The Labute approximate surface area is 129 Å². The fourth-order valence-electron chi connectivity index (χ4n) is 1.46. The van der Waals surface area contributed by atoms with E-state index in [2.05, 4.69) is 5.32 Å². The van der Waals surface area contributed by atoms with Crippen LogP contribution in [0.4, 0.5) is 5.69 Å². The van der Waals surface area contributed by atoms with Crippen LogP contribution in [0.2, 0.25) is 5.02 Å². The number of halogens is 1. The first-order valence-corrected chi connectivity index (χ1v) is 7.12. The third-order valence-electron chi connectivity index (χ3n) is 3.23. The summed E-state index contributed by atoms with van der Waals surface area (Å²) in [7, 11) is 0. The van der Waals surface area contributed by atoms with Gasteiger partial charge < -0.3 is 15.8 Å². The van der Waals surface area contributed by atoms with Crippen molar-refractivity contribution in [3.63, 3.8) is 0 Å². The summed E-state index contributed by atoms with van der Waals surface area (Å²) in [4.78, 5) is 23.9. The van der Waals surface area contributed by atoms with E-state index in [0.29, 0.717) is 5.69 Å². The third kappa shape index (κ3) is 4.93. The Balaban J connectivity index is 2.69. The van der Waals surface area contributed by atoms with Crippen molar-refractivity contribution >= 4 is 29.2 Å². The average Bonchev–Trinajstić information content (AvgIpc) is 2.41. The summed E-state index contributed by atoms with van der Waals surface area (Å²) in [5, 5.41) is 3.09. The molecule has 1 atom stereocenters. The lowest BCUT2D eigenvalue weighted by Crippen LogP contribution is -2.47. The smallest absolute Gasteiger partial charge is 0.338 e. The van der Waals surface area contributed by atoms with Crippen LogP contribution in [0.3, 0.4) is 0 Å². The van der Waals surface area contributed by atoms with Crippen molar-refractivity contribution in [3.8, 4) is 0 Å². The summed E-state index contributed by atoms with van der Waals surface area (Å²) >= 11 is 5.85. The molecule has 21 heavy (non-hydrogen) atoms. The molecule has 1 amide bonds. The maximum Gasteiger partial charge on any atom is 0.338 e. The van der Waals surface area contributed by atoms with Gasteiger partial charge in [0.15, 0.2) is 6.10 Å². The number of amides is 1. The predicted octanol–water partition coefficient (Wildman–Crippen LogP) is 2.77. The van der Waals surface area contributed by atoms with E-state index in [-0.39, 0.29) is 22.0 Å². The first-order chi connectivity index (χ1) is 9.66. The Hall–Kier alpha value is -1.75. The molecule has 0 fully saturated rings. The first kappa shape index (κ1) is 17.3. The Morgan fingerprint density at radius 2 is 2.05 bits per heavy atom. The predicted molar refractivity (Wildman–Crippen MR) is 83.3 cm³/mol. The molecule has 0 heterocycles. The molecule has 1 aromatic rings. The molecule has 1 unspecified atom stereocenters. The highest BCUT2D eigenvalue weighted by Crippen LogP contribution is 2.20. The van der Waals surface area contributed by atoms with Crippen molar-refractivity contribution in [2.75, 3.05) is 5.73 Å². The molecular formula is C15H21ClN2O3. The second-order valence-corrected chi connectivity index (χ2v) is 5.92. The second kappa shape index (κ2) is 6.80. The number of rotatable bonds is 5. The summed E-state index contributed by atoms with van der Waals surface area (Å²) in [6.45, 7) is 7.30. The number of ether oxygens (including phenoxy) is 1. The molecule has 3 N–H and O–H groups in total. The van der Waals surface area contributed by atoms with Crippen molar-refractivity contribution in [3.05, 3.63) is 28.8 Å². The van der Waals surface area contributed by atoms with Crippen LogP contribution in [0.25, 0.3) is 0 Å². The van der Waals surface area contributed by atoms with E-state index in [9.17, 15) is 9.59 Å². The van der Waals surface area contributed by atoms with Gasteiger partial charge in [0, 0.05) is 5.54 Å². The van der Waals surface area contributed by atoms with Gasteiger partial charge in [-0.2, -0.15) is 0 Å². The first-order valence-electron chi connectivity index (χ1n) is 6.74. The number of hydrogen-bond acceptors (Lipinski definition) is 4. The van der Waals surface area contributed by atoms with Crippen LogP contribution in [-0.2, 0) is 9.53 Å². The van der Waals surface area contributed by atoms with E-state index in [0.717, 1.165) is 6.42 Å². The molecule has 0 aliphatic carbocycles. The van der Waals surface area contributed by atoms with Gasteiger partial charge in [-0.15, -0.1) is 0 Å². The van der Waals surface area contributed by atoms with Crippen molar-refractivity contribution in [1.82, 2.24) is 5.32 Å². The van der Waals surface area contributed by atoms with E-state index >= 15 is 0 Å². The molecule has 0 aliphatic heterocycles. The molecule has 0 radical (unpaired) electrons. The van der Waals surface area contributed by atoms with Crippen LogP contribution in [0.1, 0.15) is 44.5 Å². The maximum atomic E-state index is 12.0. The topological polar surface area (TPSA) is 81.4 Å². The Morgan fingerprint density at radius 3 is 2.57 bits per heavy atom. The highest BCUT2D eigenvalue weighted by Gasteiger charge is 2.24. The summed E-state index contributed by atoms with van der Waals surface area (Å²) in [5.41, 5.74) is 5.86. The molecule has 0 aliphatic rings. The van der Waals surface area contributed by atoms with Gasteiger partial charge >= 0.3 is 5.97 Å². The molecule has 0 saturated carbocycles. The van der Waals surface area contributed by atoms with Gasteiger partial charge in [-0.05, 0) is 45.4 Å². The van der Waals surface area contributed by atoms with Crippen LogP contribution in [-0.4, -0.2) is 23.5 Å². The molecule has 0 bridgehead atoms. The summed E-state index contributed by atoms with van der Waals surface area (Å²) in [5.74, 6) is -0.953. The Bertz CT molecular complexity index is 544. The Kier molecular flexibility index (Phi) is 5.61. The standard InChI is InChI=1S/C15H21ClN2O3/c1-5-15(3,4)18-13(19)9(2)21-14(20)10-6-7-12(17)11(16)8-10/h6-9H,5,17H2,1-4H3,(H,18,19). The molecule has 1 rings (SSSR count). The van der Waals surface area contributed by atoms with Crippen molar-refractivity contribution in [1.29, 1.82) is 0 Å². The molecular weight excluding hydrogens is 292 g/mol. The lowest BCUT2D eigenvalue weighted by molar-refractivity contribution is -0.130. The summed E-state index contributed by atoms with van der Waals surface area (Å²) < 4.78 is 5.13. The number of carbonyl (C=O) groups excluding carboxylic acids is 2. The molecule has 0 saturated heterocycles. The maximum absolute atomic E-state index is 12.0. The second-order valence-electron chi connectivity index (χ2n) is 5.51. The summed E-state index contributed by atoms with van der Waals surface area (Å²) in [6.07, 6.45) is -0.118. The van der Waals surface area contributed by atoms with Crippen LogP contribution < -0.4 is 11.1 Å². The van der Waals surface area contributed by atoms with Crippen molar-refractivity contribution in [2.24, 2.45) is 0 Å². The molecule has 5 nitrogen and oxygen atoms in total. The zero-order valence-electron chi connectivity index (χ0n) is 12.7. The van der Waals surface area contributed by atoms with E-state index in [1.165, 1.54) is 25.1 Å². The van der Waals surface area contributed by atoms with Crippen LogP contribution in [0.15, 0.2) is 18.2 Å². The molecule has 1 aromatic carbocycles. The molecule has 6 heteroatoms. The average molecular weight is 313 g/mol. The minimum Gasteiger partial charge on any atom is -0.449 e. The minimum atomic E-state index is -0.889. The number of benzene rings is 1. The van der Waals surface area contributed by atoms with Gasteiger partial charge in [0.2, 0.25) is 0 Å². The van der Waals surface area contributed by atoms with Gasteiger partial charge in [-0.25, -0.2) is 4.79 Å². The number of nitrogens with two attached hydrogens (primary N) is 1. The van der Waals surface area contributed by atoms with Gasteiger partial charge in [-0.3, -0.25) is 4.79 Å². The third-order valence-corrected chi connectivity index (χ3v) is 3.56. The molecule has 0 spiro atoms. The van der Waals surface area contributed by atoms with Gasteiger partial charge in [0.1, 0.15) is 0 Å². The van der Waals surface area contributed by atoms with E-state index in [1.54, 1.807) is 0 Å². The number of nitrogen functional groups attached to an aromatic ring is 1. The largest absolute Gasteiger partial charge is 0.449 e. The monoisotopic (exact) mass is 312 g/mol. The highest BCUT2D eigenvalue weighted by atomic mass is 35.5. The van der Waals surface area contributed by atoms with Crippen LogP contribution >= 0.6 is 11.6 Å². The van der Waals surface area contributed by atoms with Gasteiger partial charge in [0.25, 0.3) is 5.91 Å². The number of anilines is 1. The van der Waals surface area contributed by atoms with Crippen LogP contribution in [0.5, 0.6) is 0 Å². The van der Waals surface area contributed by atoms with Gasteiger partial charge in [-0.1, -0.05) is 18.5 Å². The van der Waals surface area contributed by atoms with E-state index in [4.69, 9.17) is 22.1 Å². The SMILES string of the molecule is CCC(C)(C)NC(=O)C(C)OC(=O)c1ccc(N)c(Cl)c1. The number of hydrogen-bond donors (Lipinski definition) is 2. The quantitative estimate of drug-likeness (QED) is 0.647. The number of nitrogens with one attached hydrogen (secondary N) is 1. The van der Waals surface area contributed by atoms with E-state index < -0.39 is 12.1 Å². The van der Waals surface area contributed by atoms with E-state index in [1.807, 2.05) is 20.8 Å². The fraction of sp³-hybridized carbons (Fsp3) is 0.467. The fourth-order valence-corrected chi connectivity index (χ4v) is 1.64. The minimum absolute atomic E-state index is 0.253. The lowest BCUT2D eigenvalue weighted by atomic mass is 10.0. The zero-order chi connectivity index (χ0) is 16.2. The van der Waals surface area contributed by atoms with Crippen LogP contribution in [0, 0.1) is 0 Å².